The number of carbonyl (C=O) groups excluding carboxylic acids is 1. The van der Waals surface area contributed by atoms with Crippen LogP contribution in [0, 0.1) is 11.2 Å². The number of nitrogens with one attached hydrogen (secondary N) is 2. The minimum atomic E-state index is -1.22. The third kappa shape index (κ3) is 3.43. The first kappa shape index (κ1) is 13.3. The Morgan fingerprint density at radius 1 is 1.42 bits per heavy atom. The molecule has 1 saturated carbocycles. The summed E-state index contributed by atoms with van der Waals surface area (Å²) < 4.78 is 13.1. The van der Waals surface area contributed by atoms with E-state index in [0.29, 0.717) is 6.54 Å². The highest BCUT2D eigenvalue weighted by Gasteiger charge is 2.37. The highest BCUT2D eigenvalue weighted by molar-refractivity contribution is 5.99. The fourth-order valence-electron chi connectivity index (χ4n) is 1.66. The topological polar surface area (TPSA) is 78.4 Å². The molecule has 19 heavy (non-hydrogen) atoms. The molecule has 0 spiro atoms. The molecule has 0 unspecified atom stereocenters. The van der Waals surface area contributed by atoms with Crippen LogP contribution in [0.2, 0.25) is 0 Å². The summed E-state index contributed by atoms with van der Waals surface area (Å²) in [7, 11) is 0. The number of benzene rings is 1. The minimum absolute atomic E-state index is 0.0500. The fourth-order valence-corrected chi connectivity index (χ4v) is 1.66. The van der Waals surface area contributed by atoms with Crippen LogP contribution in [0.15, 0.2) is 18.2 Å². The Kier molecular flexibility index (Phi) is 3.42. The summed E-state index contributed by atoms with van der Waals surface area (Å²) in [6, 6.07) is 2.62. The number of hydrogen-bond acceptors (Lipinski definition) is 2. The van der Waals surface area contributed by atoms with Crippen molar-refractivity contribution in [2.24, 2.45) is 5.41 Å². The maximum absolute atomic E-state index is 13.1. The van der Waals surface area contributed by atoms with Crippen LogP contribution < -0.4 is 10.6 Å². The van der Waals surface area contributed by atoms with Gasteiger partial charge in [0.05, 0.1) is 11.3 Å². The van der Waals surface area contributed by atoms with Crippen molar-refractivity contribution in [3.63, 3.8) is 0 Å². The number of carboxylic acid groups (broad SMARTS) is 1. The molecule has 2 amide bonds. The zero-order chi connectivity index (χ0) is 14.0. The van der Waals surface area contributed by atoms with Crippen LogP contribution >= 0.6 is 0 Å². The second kappa shape index (κ2) is 4.87. The monoisotopic (exact) mass is 266 g/mol. The van der Waals surface area contributed by atoms with Crippen LogP contribution in [0.4, 0.5) is 14.9 Å². The molecule has 0 atom stereocenters. The third-order valence-corrected chi connectivity index (χ3v) is 3.24. The van der Waals surface area contributed by atoms with Crippen molar-refractivity contribution in [1.29, 1.82) is 0 Å². The molecular formula is C13H15FN2O3. The molecular weight excluding hydrogens is 251 g/mol. The van der Waals surface area contributed by atoms with Gasteiger partial charge in [0.25, 0.3) is 0 Å². The third-order valence-electron chi connectivity index (χ3n) is 3.24. The maximum Gasteiger partial charge on any atom is 0.337 e. The molecule has 0 aliphatic heterocycles. The summed E-state index contributed by atoms with van der Waals surface area (Å²) >= 11 is 0. The Morgan fingerprint density at radius 3 is 2.68 bits per heavy atom. The molecule has 102 valence electrons. The normalized spacial score (nSPS) is 15.7. The van der Waals surface area contributed by atoms with Crippen molar-refractivity contribution < 1.29 is 19.1 Å². The first-order chi connectivity index (χ1) is 8.89. The van der Waals surface area contributed by atoms with Crippen LogP contribution in [0.3, 0.4) is 0 Å². The predicted molar refractivity (Wildman–Crippen MR) is 67.7 cm³/mol. The van der Waals surface area contributed by atoms with E-state index >= 15 is 0 Å². The van der Waals surface area contributed by atoms with E-state index in [1.54, 1.807) is 0 Å². The number of anilines is 1. The van der Waals surface area contributed by atoms with Gasteiger partial charge in [0.2, 0.25) is 0 Å². The van der Waals surface area contributed by atoms with Gasteiger partial charge in [-0.2, -0.15) is 0 Å². The molecule has 1 aliphatic rings. The zero-order valence-corrected chi connectivity index (χ0v) is 10.5. The van der Waals surface area contributed by atoms with Crippen molar-refractivity contribution in [2.45, 2.75) is 19.8 Å². The van der Waals surface area contributed by atoms with E-state index < -0.39 is 17.8 Å². The van der Waals surface area contributed by atoms with E-state index in [1.165, 1.54) is 0 Å². The largest absolute Gasteiger partial charge is 0.478 e. The number of urea groups is 1. The summed E-state index contributed by atoms with van der Waals surface area (Å²) in [5.74, 6) is -1.82. The maximum atomic E-state index is 13.1. The van der Waals surface area contributed by atoms with Crippen molar-refractivity contribution in [3.8, 4) is 0 Å². The van der Waals surface area contributed by atoms with Crippen LogP contribution in [-0.2, 0) is 0 Å². The predicted octanol–water partition coefficient (Wildman–Crippen LogP) is 2.45. The average molecular weight is 266 g/mol. The van der Waals surface area contributed by atoms with Crippen LogP contribution in [0.25, 0.3) is 0 Å². The van der Waals surface area contributed by atoms with Crippen LogP contribution in [0.5, 0.6) is 0 Å². The van der Waals surface area contributed by atoms with Gasteiger partial charge >= 0.3 is 12.0 Å². The molecule has 6 heteroatoms. The fraction of sp³-hybridized carbons (Fsp3) is 0.385. The van der Waals surface area contributed by atoms with Crippen molar-refractivity contribution in [1.82, 2.24) is 5.32 Å². The second-order valence-corrected chi connectivity index (χ2v) is 5.11. The Labute approximate surface area is 109 Å². The standard InChI is InChI=1S/C13H15FN2O3/c1-13(4-5-13)7-15-12(19)16-10-6-8(14)2-3-9(10)11(17)18/h2-3,6H,4-5,7H2,1H3,(H,17,18)(H2,15,16,19). The lowest BCUT2D eigenvalue weighted by Crippen LogP contribution is -2.33. The summed E-state index contributed by atoms with van der Waals surface area (Å²) in [4.78, 5) is 22.6. The Morgan fingerprint density at radius 2 is 2.11 bits per heavy atom. The van der Waals surface area contributed by atoms with Crippen LogP contribution in [-0.4, -0.2) is 23.7 Å². The van der Waals surface area contributed by atoms with E-state index in [2.05, 4.69) is 17.6 Å². The van der Waals surface area contributed by atoms with E-state index in [1.807, 2.05) is 0 Å². The highest BCUT2D eigenvalue weighted by atomic mass is 19.1. The summed E-state index contributed by atoms with van der Waals surface area (Å²) in [6.07, 6.45) is 2.13. The molecule has 1 aromatic carbocycles. The molecule has 5 nitrogen and oxygen atoms in total. The molecule has 0 heterocycles. The van der Waals surface area contributed by atoms with Gasteiger partial charge in [-0.1, -0.05) is 6.92 Å². The molecule has 1 fully saturated rings. The van der Waals surface area contributed by atoms with E-state index in [4.69, 9.17) is 5.11 Å². The molecule has 0 saturated heterocycles. The number of amides is 2. The number of halogens is 1. The van der Waals surface area contributed by atoms with E-state index in [9.17, 15) is 14.0 Å². The lowest BCUT2D eigenvalue weighted by molar-refractivity contribution is 0.0698. The molecule has 2 rings (SSSR count). The van der Waals surface area contributed by atoms with Crippen molar-refractivity contribution >= 4 is 17.7 Å². The van der Waals surface area contributed by atoms with Gasteiger partial charge in [0.1, 0.15) is 5.82 Å². The summed E-state index contributed by atoms with van der Waals surface area (Å²) in [5.41, 5.74) is -0.0466. The number of carbonyl (C=O) groups is 2. The molecule has 0 bridgehead atoms. The first-order valence-corrected chi connectivity index (χ1v) is 5.97. The van der Waals surface area contributed by atoms with Gasteiger partial charge in [-0.25, -0.2) is 14.0 Å². The van der Waals surface area contributed by atoms with Gasteiger partial charge < -0.3 is 15.7 Å². The number of aromatic carboxylic acids is 1. The van der Waals surface area contributed by atoms with Gasteiger partial charge in [-0.15, -0.1) is 0 Å². The molecule has 0 radical (unpaired) electrons. The number of rotatable bonds is 4. The second-order valence-electron chi connectivity index (χ2n) is 5.11. The van der Waals surface area contributed by atoms with Gasteiger partial charge in [0, 0.05) is 6.54 Å². The average Bonchev–Trinajstić information content (AvgIpc) is 3.05. The number of carboxylic acids is 1. The smallest absolute Gasteiger partial charge is 0.337 e. The quantitative estimate of drug-likeness (QED) is 0.783. The minimum Gasteiger partial charge on any atom is -0.478 e. The van der Waals surface area contributed by atoms with Gasteiger partial charge in [0.15, 0.2) is 0 Å². The van der Waals surface area contributed by atoms with Crippen molar-refractivity contribution in [3.05, 3.63) is 29.6 Å². The van der Waals surface area contributed by atoms with E-state index in [-0.39, 0.29) is 16.7 Å². The lowest BCUT2D eigenvalue weighted by atomic mass is 10.1. The molecule has 1 aliphatic carbocycles. The SMILES string of the molecule is CC1(CNC(=O)Nc2cc(F)ccc2C(=O)O)CC1. The zero-order valence-electron chi connectivity index (χ0n) is 10.5. The summed E-state index contributed by atoms with van der Waals surface area (Å²) in [5, 5.41) is 14.0. The highest BCUT2D eigenvalue weighted by Crippen LogP contribution is 2.44. The van der Waals surface area contributed by atoms with Crippen molar-refractivity contribution in [2.75, 3.05) is 11.9 Å². The van der Waals surface area contributed by atoms with Gasteiger partial charge in [-0.3, -0.25) is 0 Å². The van der Waals surface area contributed by atoms with Crippen LogP contribution in [0.1, 0.15) is 30.1 Å². The Bertz CT molecular complexity index is 527. The molecule has 1 aromatic rings. The van der Waals surface area contributed by atoms with E-state index in [0.717, 1.165) is 31.0 Å². The Balaban J connectivity index is 2.02. The van der Waals surface area contributed by atoms with Gasteiger partial charge in [-0.05, 0) is 36.5 Å². The molecule has 0 aromatic heterocycles. The molecule has 3 N–H and O–H groups in total. The summed E-state index contributed by atoms with van der Waals surface area (Å²) in [6.45, 7) is 2.58. The lowest BCUT2D eigenvalue weighted by Gasteiger charge is -2.12. The first-order valence-electron chi connectivity index (χ1n) is 5.97. The Hall–Kier alpha value is -2.11. The number of hydrogen-bond donors (Lipinski definition) is 3.